The highest BCUT2D eigenvalue weighted by atomic mass is 16.5. The number of hydrogen-bond donors (Lipinski definition) is 2. The van der Waals surface area contributed by atoms with Crippen LogP contribution in [0.25, 0.3) is 10.8 Å². The molecule has 24 heavy (non-hydrogen) atoms. The van der Waals surface area contributed by atoms with Crippen LogP contribution in [-0.4, -0.2) is 42.8 Å². The molecule has 1 atom stereocenters. The molecule has 6 heteroatoms. The molecule has 0 saturated carbocycles. The minimum absolute atomic E-state index is 0.0422. The first-order chi connectivity index (χ1) is 11.6. The van der Waals surface area contributed by atoms with Crippen molar-refractivity contribution in [1.82, 2.24) is 5.32 Å². The van der Waals surface area contributed by atoms with Crippen molar-refractivity contribution in [3.05, 3.63) is 42.0 Å². The summed E-state index contributed by atoms with van der Waals surface area (Å²) >= 11 is 0. The minimum atomic E-state index is -1.09. The molecule has 1 aliphatic rings. The number of amides is 1. The number of benzene rings is 2. The van der Waals surface area contributed by atoms with E-state index in [1.54, 1.807) is 12.1 Å². The molecule has 2 aromatic rings. The average Bonchev–Trinajstić information content (AvgIpc) is 3.10. The Morgan fingerprint density at radius 3 is 2.67 bits per heavy atom. The van der Waals surface area contributed by atoms with Gasteiger partial charge in [-0.05, 0) is 35.7 Å². The Morgan fingerprint density at radius 1 is 1.25 bits per heavy atom. The number of carboxylic acid groups (broad SMARTS) is 1. The van der Waals surface area contributed by atoms with E-state index in [9.17, 15) is 14.7 Å². The number of aromatic carboxylic acids is 1. The molecule has 0 spiro atoms. The van der Waals surface area contributed by atoms with Crippen LogP contribution in [0.2, 0.25) is 0 Å². The molecular weight excluding hydrogens is 310 g/mol. The third kappa shape index (κ3) is 3.83. The molecule has 1 amide bonds. The first-order valence-corrected chi connectivity index (χ1v) is 7.90. The molecule has 0 radical (unpaired) electrons. The van der Waals surface area contributed by atoms with Gasteiger partial charge in [-0.3, -0.25) is 4.79 Å². The second-order valence-electron chi connectivity index (χ2n) is 5.73. The molecule has 1 heterocycles. The van der Waals surface area contributed by atoms with Gasteiger partial charge in [-0.15, -0.1) is 0 Å². The maximum absolute atomic E-state index is 11.9. The van der Waals surface area contributed by atoms with Gasteiger partial charge >= 0.3 is 5.97 Å². The lowest BCUT2D eigenvalue weighted by Crippen LogP contribution is -2.35. The van der Waals surface area contributed by atoms with E-state index in [-0.39, 0.29) is 29.9 Å². The molecule has 0 aliphatic carbocycles. The Bertz CT molecular complexity index is 752. The molecule has 126 valence electrons. The first kappa shape index (κ1) is 16.3. The van der Waals surface area contributed by atoms with Crippen molar-refractivity contribution < 1.29 is 24.2 Å². The van der Waals surface area contributed by atoms with Crippen molar-refractivity contribution in [2.75, 3.05) is 19.8 Å². The molecule has 1 aliphatic heterocycles. The summed E-state index contributed by atoms with van der Waals surface area (Å²) in [6.07, 6.45) is 2.01. The van der Waals surface area contributed by atoms with Crippen molar-refractivity contribution in [2.24, 2.45) is 0 Å². The standard InChI is InChI=1S/C18H19NO5/c20-17(19-10-14-6-3-7-23-14)11-24-16-9-13-5-2-1-4-12(13)8-15(16)18(21)22/h1-2,4-5,8-9,14H,3,6-7,10-11H2,(H,19,20)(H,21,22)/t14-/m1/s1. The van der Waals surface area contributed by atoms with E-state index in [1.165, 1.54) is 0 Å². The van der Waals surface area contributed by atoms with Crippen LogP contribution in [-0.2, 0) is 9.53 Å². The van der Waals surface area contributed by atoms with Gasteiger partial charge in [0.15, 0.2) is 6.61 Å². The van der Waals surface area contributed by atoms with Crippen LogP contribution in [0.4, 0.5) is 0 Å². The van der Waals surface area contributed by atoms with Crippen LogP contribution >= 0.6 is 0 Å². The fraction of sp³-hybridized carbons (Fsp3) is 0.333. The van der Waals surface area contributed by atoms with Crippen LogP contribution in [0.15, 0.2) is 36.4 Å². The van der Waals surface area contributed by atoms with Crippen LogP contribution in [0.1, 0.15) is 23.2 Å². The molecule has 1 fully saturated rings. The van der Waals surface area contributed by atoms with E-state index in [0.717, 1.165) is 30.2 Å². The number of carbonyl (C=O) groups is 2. The number of fused-ring (bicyclic) bond motifs is 1. The summed E-state index contributed by atoms with van der Waals surface area (Å²) in [5.41, 5.74) is 0.0422. The van der Waals surface area contributed by atoms with Gasteiger partial charge in [0, 0.05) is 13.2 Å². The lowest BCUT2D eigenvalue weighted by molar-refractivity contribution is -0.123. The SMILES string of the molecule is O=C(COc1cc2ccccc2cc1C(=O)O)NC[C@H]1CCCO1. The number of carbonyl (C=O) groups excluding carboxylic acids is 1. The molecule has 0 bridgehead atoms. The van der Waals surface area contributed by atoms with Gasteiger partial charge in [-0.25, -0.2) is 4.79 Å². The van der Waals surface area contributed by atoms with Crippen LogP contribution in [0.5, 0.6) is 5.75 Å². The van der Waals surface area contributed by atoms with Gasteiger partial charge in [0.05, 0.1) is 6.10 Å². The van der Waals surface area contributed by atoms with Crippen LogP contribution in [0, 0.1) is 0 Å². The molecular formula is C18H19NO5. The Kier molecular flexibility index (Phi) is 4.96. The van der Waals surface area contributed by atoms with E-state index < -0.39 is 5.97 Å². The van der Waals surface area contributed by atoms with E-state index >= 15 is 0 Å². The van der Waals surface area contributed by atoms with Crippen molar-refractivity contribution >= 4 is 22.6 Å². The maximum atomic E-state index is 11.9. The summed E-state index contributed by atoms with van der Waals surface area (Å²) < 4.78 is 10.9. The van der Waals surface area contributed by atoms with Crippen molar-refractivity contribution in [2.45, 2.75) is 18.9 Å². The summed E-state index contributed by atoms with van der Waals surface area (Å²) in [7, 11) is 0. The van der Waals surface area contributed by atoms with Gasteiger partial charge in [-0.1, -0.05) is 24.3 Å². The second-order valence-corrected chi connectivity index (χ2v) is 5.73. The summed E-state index contributed by atoms with van der Waals surface area (Å²) in [5, 5.41) is 13.8. The number of rotatable bonds is 6. The van der Waals surface area contributed by atoms with Crippen LogP contribution in [0.3, 0.4) is 0 Å². The van der Waals surface area contributed by atoms with E-state index in [0.29, 0.717) is 6.54 Å². The fourth-order valence-electron chi connectivity index (χ4n) is 2.73. The number of nitrogens with one attached hydrogen (secondary N) is 1. The Hall–Kier alpha value is -2.60. The van der Waals surface area contributed by atoms with Crippen molar-refractivity contribution in [1.29, 1.82) is 0 Å². The predicted octanol–water partition coefficient (Wildman–Crippen LogP) is 2.21. The van der Waals surface area contributed by atoms with Gasteiger partial charge < -0.3 is 19.9 Å². The lowest BCUT2D eigenvalue weighted by Gasteiger charge is -2.13. The highest BCUT2D eigenvalue weighted by Gasteiger charge is 2.17. The van der Waals surface area contributed by atoms with Crippen molar-refractivity contribution in [3.63, 3.8) is 0 Å². The molecule has 0 unspecified atom stereocenters. The molecule has 2 N–H and O–H groups in total. The molecule has 6 nitrogen and oxygen atoms in total. The summed E-state index contributed by atoms with van der Waals surface area (Å²) in [6.45, 7) is 0.952. The Morgan fingerprint density at radius 2 is 2.00 bits per heavy atom. The van der Waals surface area contributed by atoms with E-state index in [2.05, 4.69) is 5.32 Å². The summed E-state index contributed by atoms with van der Waals surface area (Å²) in [6, 6.07) is 10.6. The van der Waals surface area contributed by atoms with Gasteiger partial charge in [-0.2, -0.15) is 0 Å². The molecule has 2 aromatic carbocycles. The summed E-state index contributed by atoms with van der Waals surface area (Å²) in [5.74, 6) is -1.20. The zero-order chi connectivity index (χ0) is 16.9. The normalized spacial score (nSPS) is 16.9. The largest absolute Gasteiger partial charge is 0.483 e. The third-order valence-corrected chi connectivity index (χ3v) is 3.99. The minimum Gasteiger partial charge on any atom is -0.483 e. The smallest absolute Gasteiger partial charge is 0.339 e. The molecule has 3 rings (SSSR count). The highest BCUT2D eigenvalue weighted by Crippen LogP contribution is 2.26. The van der Waals surface area contributed by atoms with Crippen molar-refractivity contribution in [3.8, 4) is 5.75 Å². The van der Waals surface area contributed by atoms with E-state index in [1.807, 2.05) is 24.3 Å². The second kappa shape index (κ2) is 7.31. The Labute approximate surface area is 139 Å². The summed E-state index contributed by atoms with van der Waals surface area (Å²) in [4.78, 5) is 23.3. The average molecular weight is 329 g/mol. The topological polar surface area (TPSA) is 84.9 Å². The number of ether oxygens (including phenoxy) is 2. The highest BCUT2D eigenvalue weighted by molar-refractivity contribution is 5.97. The fourth-order valence-corrected chi connectivity index (χ4v) is 2.73. The van der Waals surface area contributed by atoms with Gasteiger partial charge in [0.1, 0.15) is 11.3 Å². The van der Waals surface area contributed by atoms with Gasteiger partial charge in [0.25, 0.3) is 5.91 Å². The third-order valence-electron chi connectivity index (χ3n) is 3.99. The maximum Gasteiger partial charge on any atom is 0.339 e. The number of hydrogen-bond acceptors (Lipinski definition) is 4. The lowest BCUT2D eigenvalue weighted by atomic mass is 10.1. The quantitative estimate of drug-likeness (QED) is 0.849. The molecule has 0 aromatic heterocycles. The zero-order valence-corrected chi connectivity index (χ0v) is 13.2. The van der Waals surface area contributed by atoms with Crippen LogP contribution < -0.4 is 10.1 Å². The van der Waals surface area contributed by atoms with E-state index in [4.69, 9.17) is 9.47 Å². The Balaban J connectivity index is 1.65. The number of carboxylic acids is 1. The monoisotopic (exact) mass is 329 g/mol. The van der Waals surface area contributed by atoms with Gasteiger partial charge in [0.2, 0.25) is 0 Å². The zero-order valence-electron chi connectivity index (χ0n) is 13.2. The predicted molar refractivity (Wildman–Crippen MR) is 88.4 cm³/mol. The molecule has 1 saturated heterocycles. The first-order valence-electron chi connectivity index (χ1n) is 7.90.